The molecule has 0 bridgehead atoms. The van der Waals surface area contributed by atoms with Gasteiger partial charge in [-0.3, -0.25) is 19.8 Å². The van der Waals surface area contributed by atoms with Gasteiger partial charge in [-0.15, -0.1) is 0 Å². The number of hydrogen-bond donors (Lipinski definition) is 1. The first-order valence-electron chi connectivity index (χ1n) is 10.1. The van der Waals surface area contributed by atoms with Gasteiger partial charge in [0.15, 0.2) is 11.5 Å². The van der Waals surface area contributed by atoms with E-state index in [1.165, 1.54) is 11.0 Å². The normalized spacial score (nSPS) is 19.1. The quantitative estimate of drug-likeness (QED) is 0.398. The van der Waals surface area contributed by atoms with Crippen molar-refractivity contribution in [2.75, 3.05) is 13.2 Å². The average molecular weight is 433 g/mol. The Labute approximate surface area is 180 Å². The van der Waals surface area contributed by atoms with E-state index < -0.39 is 17.8 Å². The summed E-state index contributed by atoms with van der Waals surface area (Å²) in [5.74, 6) is -0.559. The van der Waals surface area contributed by atoms with Crippen LogP contribution in [0.15, 0.2) is 30.4 Å². The van der Waals surface area contributed by atoms with Gasteiger partial charge in [0.05, 0.1) is 11.6 Å². The molecule has 0 aromatic heterocycles. The number of amides is 4. The Bertz CT molecular complexity index is 890. The van der Waals surface area contributed by atoms with E-state index in [0.717, 1.165) is 32.1 Å². The summed E-state index contributed by atoms with van der Waals surface area (Å²) >= 11 is 6.35. The van der Waals surface area contributed by atoms with E-state index >= 15 is 0 Å². The van der Waals surface area contributed by atoms with Gasteiger partial charge in [0.2, 0.25) is 0 Å². The lowest BCUT2D eigenvalue weighted by Crippen LogP contribution is -2.58. The summed E-state index contributed by atoms with van der Waals surface area (Å²) in [4.78, 5) is 38.9. The summed E-state index contributed by atoms with van der Waals surface area (Å²) < 4.78 is 11.2. The minimum absolute atomic E-state index is 0.113. The van der Waals surface area contributed by atoms with E-state index in [2.05, 4.69) is 11.9 Å². The number of carbonyl (C=O) groups is 3. The van der Waals surface area contributed by atoms with Crippen molar-refractivity contribution < 1.29 is 23.9 Å². The highest BCUT2D eigenvalue weighted by atomic mass is 35.5. The monoisotopic (exact) mass is 432 g/mol. The zero-order valence-corrected chi connectivity index (χ0v) is 17.7. The molecule has 4 amide bonds. The summed E-state index contributed by atoms with van der Waals surface area (Å²) in [6.45, 7) is 6.06. The molecule has 30 heavy (non-hydrogen) atoms. The lowest BCUT2D eigenvalue weighted by Gasteiger charge is -2.35. The van der Waals surface area contributed by atoms with Crippen LogP contribution in [0.4, 0.5) is 4.79 Å². The third-order valence-electron chi connectivity index (χ3n) is 5.06. The number of nitrogens with one attached hydrogen (secondary N) is 1. The van der Waals surface area contributed by atoms with Crippen LogP contribution >= 0.6 is 11.6 Å². The average Bonchev–Trinajstić information content (AvgIpc) is 2.71. The zero-order chi connectivity index (χ0) is 21.7. The number of hydrogen-bond acceptors (Lipinski definition) is 5. The number of urea groups is 1. The summed E-state index contributed by atoms with van der Waals surface area (Å²) in [6, 6.07) is 2.37. The molecule has 0 atom stereocenters. The van der Waals surface area contributed by atoms with E-state index in [9.17, 15) is 14.4 Å². The molecule has 1 N–H and O–H groups in total. The fourth-order valence-electron chi connectivity index (χ4n) is 3.73. The minimum atomic E-state index is -0.724. The van der Waals surface area contributed by atoms with E-state index in [-0.39, 0.29) is 23.2 Å². The molecule has 7 nitrogen and oxygen atoms in total. The molecular weight excluding hydrogens is 408 g/mol. The minimum Gasteiger partial charge on any atom is -0.490 e. The van der Waals surface area contributed by atoms with Crippen molar-refractivity contribution in [3.63, 3.8) is 0 Å². The largest absolute Gasteiger partial charge is 0.490 e. The molecule has 1 aliphatic heterocycles. The molecule has 1 saturated heterocycles. The van der Waals surface area contributed by atoms with Gasteiger partial charge in [0, 0.05) is 6.04 Å². The fourth-order valence-corrected chi connectivity index (χ4v) is 4.00. The third kappa shape index (κ3) is 4.67. The maximum absolute atomic E-state index is 13.0. The molecule has 2 aliphatic rings. The van der Waals surface area contributed by atoms with E-state index in [0.29, 0.717) is 23.7 Å². The molecule has 1 aliphatic carbocycles. The molecule has 160 valence electrons. The fraction of sp³-hybridized carbons (Fsp3) is 0.409. The first kappa shape index (κ1) is 21.9. The van der Waals surface area contributed by atoms with Gasteiger partial charge in [0.25, 0.3) is 11.8 Å². The summed E-state index contributed by atoms with van der Waals surface area (Å²) in [7, 11) is 0. The second-order valence-corrected chi connectivity index (χ2v) is 7.55. The number of carbonyl (C=O) groups excluding carboxylic acids is 3. The summed E-state index contributed by atoms with van der Waals surface area (Å²) in [6.07, 6.45) is 7.49. The lowest BCUT2D eigenvalue weighted by molar-refractivity contribution is -0.132. The first-order chi connectivity index (χ1) is 14.5. The maximum atomic E-state index is 13.0. The van der Waals surface area contributed by atoms with Crippen LogP contribution < -0.4 is 14.8 Å². The van der Waals surface area contributed by atoms with E-state index in [4.69, 9.17) is 21.1 Å². The molecule has 0 unspecified atom stereocenters. The van der Waals surface area contributed by atoms with Crippen molar-refractivity contribution in [3.8, 4) is 11.5 Å². The highest BCUT2D eigenvalue weighted by Crippen LogP contribution is 2.37. The number of imide groups is 2. The smallest absolute Gasteiger partial charge is 0.331 e. The molecule has 1 heterocycles. The standard InChI is InChI=1S/C22H25ClN2O5/c1-3-10-30-19-17(23)12-14(13-18(19)29-4-2)11-16-20(26)24-22(28)25(21(16)27)15-8-6-5-7-9-15/h3,11-13,15H,1,4-10H2,2H3,(H,24,26,28). The molecule has 0 spiro atoms. The zero-order valence-electron chi connectivity index (χ0n) is 16.9. The van der Waals surface area contributed by atoms with Crippen LogP contribution in [-0.4, -0.2) is 42.0 Å². The second-order valence-electron chi connectivity index (χ2n) is 7.15. The molecule has 1 aromatic carbocycles. The molecule has 2 fully saturated rings. The predicted octanol–water partition coefficient (Wildman–Crippen LogP) is 4.10. The van der Waals surface area contributed by atoms with Crippen LogP contribution in [0.3, 0.4) is 0 Å². The number of nitrogens with zero attached hydrogens (tertiary/aromatic N) is 1. The lowest BCUT2D eigenvalue weighted by atomic mass is 9.93. The number of halogens is 1. The number of benzene rings is 1. The van der Waals surface area contributed by atoms with Crippen LogP contribution in [0.1, 0.15) is 44.6 Å². The second kappa shape index (κ2) is 9.80. The Morgan fingerprint density at radius 1 is 1.20 bits per heavy atom. The van der Waals surface area contributed by atoms with Gasteiger partial charge in [0.1, 0.15) is 12.2 Å². The van der Waals surface area contributed by atoms with Gasteiger partial charge in [-0.1, -0.05) is 43.5 Å². The van der Waals surface area contributed by atoms with Crippen molar-refractivity contribution in [1.29, 1.82) is 0 Å². The Morgan fingerprint density at radius 2 is 1.93 bits per heavy atom. The van der Waals surface area contributed by atoms with Crippen LogP contribution in [0.5, 0.6) is 11.5 Å². The van der Waals surface area contributed by atoms with Gasteiger partial charge in [-0.25, -0.2) is 4.79 Å². The topological polar surface area (TPSA) is 84.9 Å². The van der Waals surface area contributed by atoms with E-state index in [1.807, 2.05) is 6.92 Å². The molecule has 1 aromatic rings. The number of ether oxygens (including phenoxy) is 2. The van der Waals surface area contributed by atoms with Crippen molar-refractivity contribution in [1.82, 2.24) is 10.2 Å². The van der Waals surface area contributed by atoms with E-state index in [1.54, 1.807) is 18.2 Å². The highest BCUT2D eigenvalue weighted by molar-refractivity contribution is 6.33. The summed E-state index contributed by atoms with van der Waals surface area (Å²) in [5.41, 5.74) is 0.379. The molecule has 0 radical (unpaired) electrons. The Hall–Kier alpha value is -2.80. The van der Waals surface area contributed by atoms with Crippen LogP contribution in [0, 0.1) is 0 Å². The number of rotatable bonds is 7. The van der Waals surface area contributed by atoms with Gasteiger partial charge in [-0.05, 0) is 43.5 Å². The Kier molecular flexibility index (Phi) is 7.15. The number of barbiturate groups is 1. The SMILES string of the molecule is C=CCOc1c(Cl)cc(C=C2C(=O)NC(=O)N(C3CCCCC3)C2=O)cc1OCC. The molecule has 1 saturated carbocycles. The van der Waals surface area contributed by atoms with Crippen LogP contribution in [0.2, 0.25) is 5.02 Å². The Morgan fingerprint density at radius 3 is 2.60 bits per heavy atom. The van der Waals surface area contributed by atoms with Gasteiger partial charge in [-0.2, -0.15) is 0 Å². The van der Waals surface area contributed by atoms with Gasteiger partial charge >= 0.3 is 6.03 Å². The first-order valence-corrected chi connectivity index (χ1v) is 10.4. The van der Waals surface area contributed by atoms with Crippen molar-refractivity contribution in [3.05, 3.63) is 40.9 Å². The Balaban J connectivity index is 1.95. The maximum Gasteiger partial charge on any atom is 0.331 e. The van der Waals surface area contributed by atoms with Crippen molar-refractivity contribution in [2.24, 2.45) is 0 Å². The van der Waals surface area contributed by atoms with Crippen molar-refractivity contribution in [2.45, 2.75) is 45.1 Å². The third-order valence-corrected chi connectivity index (χ3v) is 5.34. The predicted molar refractivity (Wildman–Crippen MR) is 114 cm³/mol. The van der Waals surface area contributed by atoms with Crippen molar-refractivity contribution >= 4 is 35.5 Å². The molecular formula is C22H25ClN2O5. The van der Waals surface area contributed by atoms with Crippen LogP contribution in [0.25, 0.3) is 6.08 Å². The molecule has 8 heteroatoms. The molecule has 3 rings (SSSR count). The summed E-state index contributed by atoms with van der Waals surface area (Å²) in [5, 5.41) is 2.56. The highest BCUT2D eigenvalue weighted by Gasteiger charge is 2.40. The van der Waals surface area contributed by atoms with Gasteiger partial charge < -0.3 is 9.47 Å². The van der Waals surface area contributed by atoms with Crippen LogP contribution in [-0.2, 0) is 9.59 Å².